The highest BCUT2D eigenvalue weighted by Gasteiger charge is 2.44. The smallest absolute Gasteiger partial charge is 0.268 e. The highest BCUT2D eigenvalue weighted by Crippen LogP contribution is 2.57. The van der Waals surface area contributed by atoms with Gasteiger partial charge in [0, 0.05) is 17.0 Å². The van der Waals surface area contributed by atoms with Gasteiger partial charge in [-0.25, -0.2) is 12.4 Å². The van der Waals surface area contributed by atoms with Gasteiger partial charge in [0.2, 0.25) is 0 Å². The number of benzene rings is 3. The molecule has 1 saturated carbocycles. The normalized spacial score (nSPS) is 18.5. The Morgan fingerprint density at radius 2 is 1.53 bits per heavy atom. The van der Waals surface area contributed by atoms with E-state index in [1.165, 1.54) is 5.56 Å². The van der Waals surface area contributed by atoms with Gasteiger partial charge >= 0.3 is 0 Å². The third-order valence-electron chi connectivity index (χ3n) is 6.10. The number of ether oxygens (including phenoxy) is 1. The van der Waals surface area contributed by atoms with Crippen LogP contribution in [-0.2, 0) is 10.0 Å². The summed E-state index contributed by atoms with van der Waals surface area (Å²) in [7, 11) is -2.04. The molecule has 0 N–H and O–H groups in total. The molecule has 5 heteroatoms. The maximum atomic E-state index is 13.7. The zero-order valence-corrected chi connectivity index (χ0v) is 17.8. The highest BCUT2D eigenvalue weighted by atomic mass is 32.2. The second-order valence-electron chi connectivity index (χ2n) is 7.83. The van der Waals surface area contributed by atoms with Gasteiger partial charge in [-0.05, 0) is 60.7 Å². The molecule has 3 aromatic carbocycles. The number of para-hydroxylation sites is 1. The van der Waals surface area contributed by atoms with Crippen molar-refractivity contribution in [1.29, 1.82) is 0 Å². The summed E-state index contributed by atoms with van der Waals surface area (Å²) in [4.78, 5) is 0.314. The summed E-state index contributed by atoms with van der Waals surface area (Å²) in [5.74, 6) is 1.31. The summed E-state index contributed by atoms with van der Waals surface area (Å²) in [6.45, 7) is 2.04. The van der Waals surface area contributed by atoms with Gasteiger partial charge in [0.05, 0.1) is 17.5 Å². The van der Waals surface area contributed by atoms with Crippen LogP contribution >= 0.6 is 0 Å². The SMILES string of the molecule is COc1ccc([C@@H]2C[C@@H]2c2c(C)c3ccccc3n2S(=O)(=O)c2ccccc2)cc1. The second kappa shape index (κ2) is 7.03. The Morgan fingerprint density at radius 1 is 0.867 bits per heavy atom. The number of aromatic nitrogens is 1. The lowest BCUT2D eigenvalue weighted by atomic mass is 10.1. The summed E-state index contributed by atoms with van der Waals surface area (Å²) >= 11 is 0. The summed E-state index contributed by atoms with van der Waals surface area (Å²) in [5, 5.41) is 0.993. The van der Waals surface area contributed by atoms with Gasteiger partial charge in [0.15, 0.2) is 0 Å². The Balaban J connectivity index is 1.66. The van der Waals surface area contributed by atoms with Crippen LogP contribution in [-0.4, -0.2) is 19.5 Å². The minimum absolute atomic E-state index is 0.171. The van der Waals surface area contributed by atoms with Crippen molar-refractivity contribution in [1.82, 2.24) is 3.97 Å². The van der Waals surface area contributed by atoms with Crippen LogP contribution < -0.4 is 4.74 Å². The molecule has 1 heterocycles. The molecule has 1 aromatic heterocycles. The Morgan fingerprint density at radius 3 is 2.23 bits per heavy atom. The van der Waals surface area contributed by atoms with Crippen LogP contribution in [0.5, 0.6) is 5.75 Å². The molecule has 0 radical (unpaired) electrons. The van der Waals surface area contributed by atoms with Crippen molar-refractivity contribution in [2.45, 2.75) is 30.1 Å². The minimum atomic E-state index is -3.70. The van der Waals surface area contributed by atoms with Crippen molar-refractivity contribution in [3.63, 3.8) is 0 Å². The first kappa shape index (κ1) is 18.9. The molecule has 4 nitrogen and oxygen atoms in total. The van der Waals surface area contributed by atoms with E-state index in [0.29, 0.717) is 10.8 Å². The average Bonchev–Trinajstić information content (AvgIpc) is 3.52. The molecule has 0 amide bonds. The number of nitrogens with zero attached hydrogens (tertiary/aromatic N) is 1. The summed E-state index contributed by atoms with van der Waals surface area (Å²) in [5.41, 5.74) is 3.91. The van der Waals surface area contributed by atoms with Gasteiger partial charge in [-0.1, -0.05) is 48.5 Å². The Kier molecular flexibility index (Phi) is 4.44. The molecule has 1 aliphatic rings. The predicted octanol–water partition coefficient (Wildman–Crippen LogP) is 5.47. The van der Waals surface area contributed by atoms with Gasteiger partial charge in [0.25, 0.3) is 10.0 Å². The average molecular weight is 418 g/mol. The van der Waals surface area contributed by atoms with Crippen LogP contribution in [0.3, 0.4) is 0 Å². The molecule has 1 fully saturated rings. The van der Waals surface area contributed by atoms with E-state index in [2.05, 4.69) is 12.1 Å². The maximum Gasteiger partial charge on any atom is 0.268 e. The van der Waals surface area contributed by atoms with Crippen molar-refractivity contribution in [3.8, 4) is 5.75 Å². The number of methoxy groups -OCH3 is 1. The molecule has 0 spiro atoms. The molecule has 5 rings (SSSR count). The van der Waals surface area contributed by atoms with Crippen molar-refractivity contribution >= 4 is 20.9 Å². The quantitative estimate of drug-likeness (QED) is 0.433. The maximum absolute atomic E-state index is 13.7. The van der Waals surface area contributed by atoms with Gasteiger partial charge < -0.3 is 4.74 Å². The van der Waals surface area contributed by atoms with Gasteiger partial charge in [-0.2, -0.15) is 0 Å². The van der Waals surface area contributed by atoms with E-state index in [9.17, 15) is 8.42 Å². The monoisotopic (exact) mass is 417 g/mol. The zero-order chi connectivity index (χ0) is 20.9. The molecule has 4 aromatic rings. The van der Waals surface area contributed by atoms with Crippen molar-refractivity contribution in [2.24, 2.45) is 0 Å². The predicted molar refractivity (Wildman–Crippen MR) is 119 cm³/mol. The molecule has 0 saturated heterocycles. The topological polar surface area (TPSA) is 48.3 Å². The minimum Gasteiger partial charge on any atom is -0.497 e. The van der Waals surface area contributed by atoms with Gasteiger partial charge in [-0.15, -0.1) is 0 Å². The van der Waals surface area contributed by atoms with Crippen LogP contribution in [0.4, 0.5) is 0 Å². The van der Waals surface area contributed by atoms with E-state index < -0.39 is 10.0 Å². The first-order valence-corrected chi connectivity index (χ1v) is 11.5. The Hall–Kier alpha value is -3.05. The number of aryl methyl sites for hydroxylation is 1. The number of hydrogen-bond acceptors (Lipinski definition) is 3. The van der Waals surface area contributed by atoms with E-state index in [-0.39, 0.29) is 5.92 Å². The molecule has 2 atom stereocenters. The van der Waals surface area contributed by atoms with Crippen LogP contribution in [0.2, 0.25) is 0 Å². The fraction of sp³-hybridized carbons (Fsp3) is 0.200. The van der Waals surface area contributed by atoms with Crippen LogP contribution in [0.25, 0.3) is 10.9 Å². The van der Waals surface area contributed by atoms with E-state index in [0.717, 1.165) is 34.3 Å². The summed E-state index contributed by atoms with van der Waals surface area (Å²) < 4.78 is 34.2. The van der Waals surface area contributed by atoms with Gasteiger partial charge in [-0.3, -0.25) is 0 Å². The summed E-state index contributed by atoms with van der Waals surface area (Å²) in [6, 6.07) is 24.6. The van der Waals surface area contributed by atoms with E-state index >= 15 is 0 Å². The fourth-order valence-electron chi connectivity index (χ4n) is 4.49. The molecule has 152 valence electrons. The third kappa shape index (κ3) is 2.92. The fourth-order valence-corrected chi connectivity index (χ4v) is 6.15. The Bertz CT molecular complexity index is 1320. The standard InChI is InChI=1S/C25H23NO3S/c1-17-21-10-6-7-11-24(21)26(30(27,28)20-8-4-3-5-9-20)25(17)23-16-22(23)18-12-14-19(29-2)15-13-18/h3-15,22-23H,16H2,1-2H3/t22-,23-/m0/s1. The second-order valence-corrected chi connectivity index (χ2v) is 9.62. The first-order valence-electron chi connectivity index (χ1n) is 10.1. The number of hydrogen-bond donors (Lipinski definition) is 0. The van der Waals surface area contributed by atoms with Crippen molar-refractivity contribution < 1.29 is 13.2 Å². The third-order valence-corrected chi connectivity index (χ3v) is 7.84. The molecule has 0 bridgehead atoms. The van der Waals surface area contributed by atoms with E-state index in [4.69, 9.17) is 4.74 Å². The molecule has 30 heavy (non-hydrogen) atoms. The lowest BCUT2D eigenvalue weighted by Crippen LogP contribution is -2.16. The largest absolute Gasteiger partial charge is 0.497 e. The first-order chi connectivity index (χ1) is 14.5. The van der Waals surface area contributed by atoms with E-state index in [1.807, 2.05) is 49.4 Å². The highest BCUT2D eigenvalue weighted by molar-refractivity contribution is 7.90. The lowest BCUT2D eigenvalue weighted by molar-refractivity contribution is 0.414. The lowest BCUT2D eigenvalue weighted by Gasteiger charge is -2.13. The number of rotatable bonds is 5. The molecule has 0 unspecified atom stereocenters. The molecular weight excluding hydrogens is 394 g/mol. The van der Waals surface area contributed by atoms with Gasteiger partial charge in [0.1, 0.15) is 5.75 Å². The molecule has 1 aliphatic carbocycles. The molecule has 0 aliphatic heterocycles. The van der Waals surface area contributed by atoms with Crippen LogP contribution in [0, 0.1) is 6.92 Å². The molecular formula is C25H23NO3S. The van der Waals surface area contributed by atoms with Crippen molar-refractivity contribution in [2.75, 3.05) is 7.11 Å². The van der Waals surface area contributed by atoms with E-state index in [1.54, 1.807) is 35.3 Å². The van der Waals surface area contributed by atoms with Crippen molar-refractivity contribution in [3.05, 3.63) is 95.7 Å². The number of fused-ring (bicyclic) bond motifs is 1. The summed E-state index contributed by atoms with van der Waals surface area (Å²) in [6.07, 6.45) is 0.938. The Labute approximate surface area is 176 Å². The van der Waals surface area contributed by atoms with Crippen LogP contribution in [0.15, 0.2) is 83.8 Å². The van der Waals surface area contributed by atoms with Crippen LogP contribution in [0.1, 0.15) is 35.1 Å². The zero-order valence-electron chi connectivity index (χ0n) is 16.9.